The number of primary sulfonamides is 1. The zero-order valence-corrected chi connectivity index (χ0v) is 21.5. The van der Waals surface area contributed by atoms with Crippen molar-refractivity contribution >= 4 is 34.6 Å². The molecule has 0 spiro atoms. The summed E-state index contributed by atoms with van der Waals surface area (Å²) in [5.41, 5.74) is 0.779. The Bertz CT molecular complexity index is 1380. The molecular weight excluding hydrogens is 516 g/mol. The van der Waals surface area contributed by atoms with Crippen LogP contribution in [0.5, 0.6) is 0 Å². The zero-order valence-electron chi connectivity index (χ0n) is 19.7. The number of aromatic nitrogens is 3. The van der Waals surface area contributed by atoms with Crippen molar-refractivity contribution in [2.45, 2.75) is 31.1 Å². The summed E-state index contributed by atoms with van der Waals surface area (Å²) in [6.07, 6.45) is -2.27. The Morgan fingerprint density at radius 1 is 1.11 bits per heavy atom. The largest absolute Gasteiger partial charge is 0.421 e. The minimum atomic E-state index is -4.73. The Labute approximate surface area is 207 Å². The fraction of sp³-hybridized carbons (Fsp3) is 0.318. The number of hydrogen-bond donors (Lipinski definition) is 3. The van der Waals surface area contributed by atoms with Crippen molar-refractivity contribution < 1.29 is 26.2 Å². The third-order valence-electron chi connectivity index (χ3n) is 5.12. The topological polar surface area (TPSA) is 140 Å². The number of sulfonamides is 1. The highest BCUT2D eigenvalue weighted by Crippen LogP contribution is 2.40. The smallest absolute Gasteiger partial charge is 0.365 e. The summed E-state index contributed by atoms with van der Waals surface area (Å²) in [6.45, 7) is 4.53. The first kappa shape index (κ1) is 27.6. The van der Waals surface area contributed by atoms with Gasteiger partial charge in [0.2, 0.25) is 16.0 Å². The molecule has 0 saturated carbocycles. The third kappa shape index (κ3) is 7.49. The van der Waals surface area contributed by atoms with E-state index in [4.69, 9.17) is 5.14 Å². The quantitative estimate of drug-likeness (QED) is 0.330. The molecule has 194 valence electrons. The van der Waals surface area contributed by atoms with Gasteiger partial charge in [-0.15, -0.1) is 0 Å². The summed E-state index contributed by atoms with van der Waals surface area (Å²) in [7, 11) is -6.22. The van der Waals surface area contributed by atoms with Crippen molar-refractivity contribution in [3.8, 4) is 0 Å². The monoisotopic (exact) mass is 542 g/mol. The Morgan fingerprint density at radius 2 is 1.78 bits per heavy atom. The lowest BCUT2D eigenvalue weighted by molar-refractivity contribution is -0.137. The minimum Gasteiger partial charge on any atom is -0.365 e. The number of nitrogens with one attached hydrogen (secondary N) is 2. The summed E-state index contributed by atoms with van der Waals surface area (Å²) >= 11 is 0. The molecule has 3 aromatic rings. The summed E-state index contributed by atoms with van der Waals surface area (Å²) < 4.78 is 76.4. The van der Waals surface area contributed by atoms with Gasteiger partial charge in [-0.1, -0.05) is 18.2 Å². The maximum Gasteiger partial charge on any atom is 0.421 e. The molecule has 1 aromatic carbocycles. The first-order valence-corrected chi connectivity index (χ1v) is 15.1. The second-order valence-corrected chi connectivity index (χ2v) is 14.0. The van der Waals surface area contributed by atoms with E-state index in [1.54, 1.807) is 37.6 Å². The van der Waals surface area contributed by atoms with Gasteiger partial charge >= 0.3 is 6.18 Å². The van der Waals surface area contributed by atoms with Crippen LogP contribution in [0.25, 0.3) is 0 Å². The van der Waals surface area contributed by atoms with E-state index in [-0.39, 0.29) is 18.2 Å². The molecule has 3 rings (SSSR count). The van der Waals surface area contributed by atoms with Crippen LogP contribution in [0.1, 0.15) is 34.6 Å². The van der Waals surface area contributed by atoms with E-state index < -0.39 is 40.0 Å². The van der Waals surface area contributed by atoms with Gasteiger partial charge in [-0.3, -0.25) is 4.98 Å². The van der Waals surface area contributed by atoms with Crippen LogP contribution in [0.15, 0.2) is 48.8 Å². The molecule has 0 radical (unpaired) electrons. The predicted octanol–water partition coefficient (Wildman–Crippen LogP) is 4.72. The van der Waals surface area contributed by atoms with Gasteiger partial charge in [0.15, 0.2) is 0 Å². The Hall–Kier alpha value is -3.02. The molecule has 1 atom stereocenters. The van der Waals surface area contributed by atoms with Crippen LogP contribution in [0, 0.1) is 0 Å². The SMILES string of the molecule is CC(c1ncccc1CNc1nc(Nc2ccc(CP(C)(C)=O)cc2)ncc1C(F)(F)F)S(N)(=O)=O. The molecule has 36 heavy (non-hydrogen) atoms. The van der Waals surface area contributed by atoms with Crippen molar-refractivity contribution in [1.29, 1.82) is 0 Å². The summed E-state index contributed by atoms with van der Waals surface area (Å²) in [4.78, 5) is 11.8. The molecule has 0 aliphatic rings. The van der Waals surface area contributed by atoms with E-state index in [2.05, 4.69) is 25.6 Å². The molecule has 0 aliphatic heterocycles. The van der Waals surface area contributed by atoms with Crippen LogP contribution in [-0.2, 0) is 33.5 Å². The highest BCUT2D eigenvalue weighted by molar-refractivity contribution is 7.89. The molecule has 0 aliphatic carbocycles. The standard InChI is InChI=1S/C22H26F3N6O3PS/c1-14(36(26,33)34)19-16(5-4-10-27-19)11-28-20-18(22(23,24)25)12-29-21(31-20)30-17-8-6-15(7-9-17)13-35(2,3)32/h4-10,12,14H,11,13H2,1-3H3,(H2,26,33,34)(H2,28,29,30,31). The van der Waals surface area contributed by atoms with Crippen molar-refractivity contribution in [3.63, 3.8) is 0 Å². The zero-order chi connectivity index (χ0) is 26.7. The third-order valence-corrected chi connectivity index (χ3v) is 7.45. The highest BCUT2D eigenvalue weighted by Gasteiger charge is 2.35. The second kappa shape index (κ2) is 10.5. The van der Waals surface area contributed by atoms with Gasteiger partial charge in [-0.05, 0) is 49.6 Å². The number of pyridine rings is 1. The molecule has 2 heterocycles. The molecule has 0 saturated heterocycles. The predicted molar refractivity (Wildman–Crippen MR) is 133 cm³/mol. The van der Waals surface area contributed by atoms with Crippen molar-refractivity contribution in [1.82, 2.24) is 15.0 Å². The molecule has 1 unspecified atom stereocenters. The van der Waals surface area contributed by atoms with Crippen LogP contribution in [0.2, 0.25) is 0 Å². The van der Waals surface area contributed by atoms with E-state index in [0.717, 1.165) is 5.56 Å². The van der Waals surface area contributed by atoms with Gasteiger partial charge in [0.05, 0.1) is 12.8 Å². The van der Waals surface area contributed by atoms with Gasteiger partial charge in [0.25, 0.3) is 0 Å². The van der Waals surface area contributed by atoms with Gasteiger partial charge in [-0.25, -0.2) is 18.5 Å². The second-order valence-electron chi connectivity index (χ2n) is 8.64. The number of hydrogen-bond acceptors (Lipinski definition) is 8. The maximum atomic E-state index is 13.6. The fourth-order valence-electron chi connectivity index (χ4n) is 3.35. The Morgan fingerprint density at radius 3 is 2.36 bits per heavy atom. The van der Waals surface area contributed by atoms with E-state index in [0.29, 0.717) is 23.6 Å². The van der Waals surface area contributed by atoms with Crippen LogP contribution >= 0.6 is 7.14 Å². The first-order chi connectivity index (χ1) is 16.6. The van der Waals surface area contributed by atoms with Gasteiger partial charge in [0, 0.05) is 30.8 Å². The average Bonchev–Trinajstić information content (AvgIpc) is 2.76. The van der Waals surface area contributed by atoms with E-state index in [1.165, 1.54) is 25.3 Å². The van der Waals surface area contributed by atoms with Gasteiger partial charge < -0.3 is 15.2 Å². The minimum absolute atomic E-state index is 0.0841. The number of nitrogens with zero attached hydrogens (tertiary/aromatic N) is 3. The van der Waals surface area contributed by atoms with E-state index in [1.807, 2.05) is 0 Å². The molecule has 4 N–H and O–H groups in total. The van der Waals surface area contributed by atoms with Crippen molar-refractivity contribution in [3.05, 3.63) is 71.2 Å². The lowest BCUT2D eigenvalue weighted by Crippen LogP contribution is -2.22. The van der Waals surface area contributed by atoms with Crippen LogP contribution in [0.3, 0.4) is 0 Å². The fourth-order valence-corrected chi connectivity index (χ4v) is 4.96. The maximum absolute atomic E-state index is 13.6. The summed E-state index contributed by atoms with van der Waals surface area (Å²) in [5.74, 6) is -0.577. The van der Waals surface area contributed by atoms with Crippen molar-refractivity contribution in [2.75, 3.05) is 24.0 Å². The average molecular weight is 543 g/mol. The lowest BCUT2D eigenvalue weighted by Gasteiger charge is -2.17. The van der Waals surface area contributed by atoms with Crippen LogP contribution < -0.4 is 15.8 Å². The first-order valence-electron chi connectivity index (χ1n) is 10.7. The molecule has 14 heteroatoms. The van der Waals surface area contributed by atoms with Crippen LogP contribution in [0.4, 0.5) is 30.6 Å². The van der Waals surface area contributed by atoms with Crippen molar-refractivity contribution in [2.24, 2.45) is 5.14 Å². The number of nitrogens with two attached hydrogens (primary N) is 1. The molecule has 0 amide bonds. The number of benzene rings is 1. The summed E-state index contributed by atoms with van der Waals surface area (Å²) in [6, 6.07) is 9.99. The molecule has 2 aromatic heterocycles. The van der Waals surface area contributed by atoms with E-state index >= 15 is 0 Å². The number of halogens is 3. The molecule has 0 bridgehead atoms. The van der Waals surface area contributed by atoms with Crippen LogP contribution in [-0.4, -0.2) is 36.7 Å². The highest BCUT2D eigenvalue weighted by atomic mass is 32.2. The lowest BCUT2D eigenvalue weighted by atomic mass is 10.1. The summed E-state index contributed by atoms with van der Waals surface area (Å²) in [5, 5.41) is 9.55. The number of anilines is 3. The Kier molecular flexibility index (Phi) is 8.07. The van der Waals surface area contributed by atoms with E-state index in [9.17, 15) is 26.2 Å². The van der Waals surface area contributed by atoms with Gasteiger partial charge in [0.1, 0.15) is 16.6 Å². The molecular formula is C22H26F3N6O3PS. The molecule has 9 nitrogen and oxygen atoms in total. The number of rotatable bonds is 9. The molecule has 0 fully saturated rings. The number of alkyl halides is 3. The van der Waals surface area contributed by atoms with Gasteiger partial charge in [-0.2, -0.15) is 18.2 Å². The normalized spacial score (nSPS) is 13.3. The Balaban J connectivity index is 1.86.